The van der Waals surface area contributed by atoms with Gasteiger partial charge in [-0.1, -0.05) is 23.7 Å². The largest absolute Gasteiger partial charge is 0.326 e. The van der Waals surface area contributed by atoms with Crippen molar-refractivity contribution in [3.8, 4) is 0 Å². The topological polar surface area (TPSA) is 51.8 Å². The third kappa shape index (κ3) is 3.43. The third-order valence-electron chi connectivity index (χ3n) is 2.19. The minimum atomic E-state index is 0.470. The van der Waals surface area contributed by atoms with Crippen LogP contribution in [0.4, 0.5) is 0 Å². The predicted molar refractivity (Wildman–Crippen MR) is 70.9 cm³/mol. The van der Waals surface area contributed by atoms with Crippen LogP contribution in [0.5, 0.6) is 0 Å². The van der Waals surface area contributed by atoms with Crippen molar-refractivity contribution in [2.24, 2.45) is 5.73 Å². The number of benzene rings is 1. The van der Waals surface area contributed by atoms with Gasteiger partial charge in [0.25, 0.3) is 0 Å². The van der Waals surface area contributed by atoms with Crippen LogP contribution in [0.25, 0.3) is 0 Å². The van der Waals surface area contributed by atoms with E-state index in [0.717, 1.165) is 21.3 Å². The van der Waals surface area contributed by atoms with E-state index < -0.39 is 0 Å². The van der Waals surface area contributed by atoms with Crippen LogP contribution in [-0.2, 0) is 12.3 Å². The first-order chi connectivity index (χ1) is 8.29. The Morgan fingerprint density at radius 1 is 1.18 bits per heavy atom. The van der Waals surface area contributed by atoms with E-state index in [1.165, 1.54) is 0 Å². The molecule has 2 rings (SSSR count). The van der Waals surface area contributed by atoms with E-state index in [0.29, 0.717) is 12.3 Å². The van der Waals surface area contributed by atoms with Crippen LogP contribution in [0, 0.1) is 0 Å². The molecule has 0 bridgehead atoms. The molecule has 0 aliphatic carbocycles. The molecule has 0 amide bonds. The van der Waals surface area contributed by atoms with Crippen molar-refractivity contribution in [2.75, 3.05) is 0 Å². The number of nitrogens with zero attached hydrogens (tertiary/aromatic N) is 2. The summed E-state index contributed by atoms with van der Waals surface area (Å²) >= 11 is 7.69. The molecule has 0 aliphatic rings. The van der Waals surface area contributed by atoms with E-state index in [4.69, 9.17) is 17.3 Å². The van der Waals surface area contributed by atoms with Gasteiger partial charge in [0.1, 0.15) is 5.82 Å². The van der Waals surface area contributed by atoms with E-state index in [9.17, 15) is 0 Å². The average molecular weight is 266 g/mol. The summed E-state index contributed by atoms with van der Waals surface area (Å²) in [6.45, 7) is 0.470. The fourth-order valence-corrected chi connectivity index (χ4v) is 2.38. The van der Waals surface area contributed by atoms with Gasteiger partial charge in [0.2, 0.25) is 0 Å². The van der Waals surface area contributed by atoms with Crippen LogP contribution in [0.2, 0.25) is 5.02 Å². The molecule has 1 heterocycles. The zero-order valence-corrected chi connectivity index (χ0v) is 10.7. The fourth-order valence-electron chi connectivity index (χ4n) is 1.27. The lowest BCUT2D eigenvalue weighted by Crippen LogP contribution is -2.00. The first-order valence-corrected chi connectivity index (χ1v) is 6.53. The van der Waals surface area contributed by atoms with Gasteiger partial charge in [-0.15, -0.1) is 11.8 Å². The smallest absolute Gasteiger partial charge is 0.138 e. The highest BCUT2D eigenvalue weighted by Crippen LogP contribution is 2.28. The van der Waals surface area contributed by atoms with Crippen molar-refractivity contribution in [2.45, 2.75) is 17.2 Å². The molecular weight excluding hydrogens is 254 g/mol. The van der Waals surface area contributed by atoms with Gasteiger partial charge >= 0.3 is 0 Å². The standard InChI is InChI=1S/C12H12ClN3S/c13-10-3-1-2-4-11(10)17-8-12-15-6-9(5-14)7-16-12/h1-4,6-7H,5,8,14H2. The molecule has 1 aromatic carbocycles. The molecule has 0 aliphatic heterocycles. The maximum Gasteiger partial charge on any atom is 0.138 e. The highest BCUT2D eigenvalue weighted by Gasteiger charge is 2.02. The first kappa shape index (κ1) is 12.4. The van der Waals surface area contributed by atoms with Crippen molar-refractivity contribution in [1.29, 1.82) is 0 Å². The van der Waals surface area contributed by atoms with Gasteiger partial charge in [-0.05, 0) is 12.1 Å². The van der Waals surface area contributed by atoms with E-state index in [1.807, 2.05) is 24.3 Å². The van der Waals surface area contributed by atoms with Crippen molar-refractivity contribution in [1.82, 2.24) is 9.97 Å². The second kappa shape index (κ2) is 6.00. The van der Waals surface area contributed by atoms with Crippen LogP contribution in [0.3, 0.4) is 0 Å². The van der Waals surface area contributed by atoms with Crippen LogP contribution in [-0.4, -0.2) is 9.97 Å². The van der Waals surface area contributed by atoms with E-state index in [2.05, 4.69) is 9.97 Å². The van der Waals surface area contributed by atoms with Crippen LogP contribution < -0.4 is 5.73 Å². The molecule has 0 saturated heterocycles. The normalized spacial score (nSPS) is 10.5. The van der Waals surface area contributed by atoms with Crippen molar-refractivity contribution >= 4 is 23.4 Å². The lowest BCUT2D eigenvalue weighted by atomic mass is 10.3. The summed E-state index contributed by atoms with van der Waals surface area (Å²) in [5.41, 5.74) is 6.42. The highest BCUT2D eigenvalue weighted by molar-refractivity contribution is 7.98. The Hall–Kier alpha value is -1.10. The molecule has 0 spiro atoms. The lowest BCUT2D eigenvalue weighted by Gasteiger charge is -2.03. The Morgan fingerprint density at radius 3 is 2.53 bits per heavy atom. The van der Waals surface area contributed by atoms with Gasteiger partial charge in [-0.3, -0.25) is 0 Å². The Morgan fingerprint density at radius 2 is 1.88 bits per heavy atom. The number of hydrogen-bond acceptors (Lipinski definition) is 4. The zero-order chi connectivity index (χ0) is 12.1. The Bertz CT molecular complexity index is 487. The summed E-state index contributed by atoms with van der Waals surface area (Å²) in [5, 5.41) is 0.760. The zero-order valence-electron chi connectivity index (χ0n) is 9.14. The molecule has 0 fully saturated rings. The molecule has 5 heteroatoms. The summed E-state index contributed by atoms with van der Waals surface area (Å²) in [4.78, 5) is 9.52. The molecule has 0 atom stereocenters. The monoisotopic (exact) mass is 265 g/mol. The van der Waals surface area contributed by atoms with Crippen LogP contribution >= 0.6 is 23.4 Å². The van der Waals surface area contributed by atoms with Gasteiger partial charge in [-0.25, -0.2) is 9.97 Å². The Balaban J connectivity index is 2.00. The number of rotatable bonds is 4. The fraction of sp³-hybridized carbons (Fsp3) is 0.167. The SMILES string of the molecule is NCc1cnc(CSc2ccccc2Cl)nc1. The molecule has 2 N–H and O–H groups in total. The first-order valence-electron chi connectivity index (χ1n) is 5.17. The molecule has 0 unspecified atom stereocenters. The molecular formula is C12H12ClN3S. The summed E-state index contributed by atoms with van der Waals surface area (Å²) < 4.78 is 0. The number of nitrogens with two attached hydrogens (primary N) is 1. The van der Waals surface area contributed by atoms with Gasteiger partial charge in [0.05, 0.1) is 10.8 Å². The molecule has 1 aromatic heterocycles. The van der Waals surface area contributed by atoms with Crippen LogP contribution in [0.1, 0.15) is 11.4 Å². The second-order valence-corrected chi connectivity index (χ2v) is 4.86. The van der Waals surface area contributed by atoms with Crippen molar-refractivity contribution in [3.63, 3.8) is 0 Å². The van der Waals surface area contributed by atoms with Gasteiger partial charge < -0.3 is 5.73 Å². The summed E-state index contributed by atoms with van der Waals surface area (Å²) in [7, 11) is 0. The number of aromatic nitrogens is 2. The van der Waals surface area contributed by atoms with Gasteiger partial charge in [-0.2, -0.15) is 0 Å². The molecule has 17 heavy (non-hydrogen) atoms. The van der Waals surface area contributed by atoms with E-state index in [-0.39, 0.29) is 0 Å². The maximum absolute atomic E-state index is 6.06. The summed E-state index contributed by atoms with van der Waals surface area (Å²) in [5.74, 6) is 1.49. The van der Waals surface area contributed by atoms with Crippen molar-refractivity contribution in [3.05, 3.63) is 53.1 Å². The minimum absolute atomic E-state index is 0.470. The van der Waals surface area contributed by atoms with Gasteiger partial charge in [0.15, 0.2) is 0 Å². The average Bonchev–Trinajstić information content (AvgIpc) is 2.38. The summed E-state index contributed by atoms with van der Waals surface area (Å²) in [6, 6.07) is 7.75. The van der Waals surface area contributed by atoms with Crippen LogP contribution in [0.15, 0.2) is 41.6 Å². The maximum atomic E-state index is 6.06. The molecule has 88 valence electrons. The second-order valence-electron chi connectivity index (χ2n) is 3.43. The molecule has 2 aromatic rings. The summed E-state index contributed by atoms with van der Waals surface area (Å²) in [6.07, 6.45) is 3.52. The van der Waals surface area contributed by atoms with Crippen molar-refractivity contribution < 1.29 is 0 Å². The quantitative estimate of drug-likeness (QED) is 0.864. The third-order valence-corrected chi connectivity index (χ3v) is 3.70. The van der Waals surface area contributed by atoms with E-state index >= 15 is 0 Å². The Kier molecular flexibility index (Phi) is 4.36. The van der Waals surface area contributed by atoms with E-state index in [1.54, 1.807) is 24.2 Å². The Labute approximate surface area is 109 Å². The minimum Gasteiger partial charge on any atom is -0.326 e. The number of thioether (sulfide) groups is 1. The molecule has 0 radical (unpaired) electrons. The predicted octanol–water partition coefficient (Wildman–Crippen LogP) is 2.88. The molecule has 0 saturated carbocycles. The number of halogens is 1. The lowest BCUT2D eigenvalue weighted by molar-refractivity contribution is 0.960. The number of hydrogen-bond donors (Lipinski definition) is 1. The highest BCUT2D eigenvalue weighted by atomic mass is 35.5. The van der Waals surface area contributed by atoms with Gasteiger partial charge in [0, 0.05) is 29.4 Å². The molecule has 3 nitrogen and oxygen atoms in total.